The fraction of sp³-hybridized carbons (Fsp3) is 0.318. The first-order chi connectivity index (χ1) is 15.7. The number of para-hydroxylation sites is 1. The van der Waals surface area contributed by atoms with Crippen molar-refractivity contribution in [3.63, 3.8) is 0 Å². The van der Waals surface area contributed by atoms with Gasteiger partial charge in [0.15, 0.2) is 0 Å². The Bertz CT molecular complexity index is 1460. The van der Waals surface area contributed by atoms with E-state index in [9.17, 15) is 19.5 Å². The average molecular weight is 470 g/mol. The molecule has 0 aliphatic heterocycles. The summed E-state index contributed by atoms with van der Waals surface area (Å²) < 4.78 is 7.69. The van der Waals surface area contributed by atoms with E-state index in [4.69, 9.17) is 4.74 Å². The van der Waals surface area contributed by atoms with E-state index in [-0.39, 0.29) is 11.9 Å². The monoisotopic (exact) mass is 469 g/mol. The first kappa shape index (κ1) is 22.5. The number of thiophene rings is 1. The lowest BCUT2D eigenvalue weighted by atomic mass is 10.1. The van der Waals surface area contributed by atoms with Crippen molar-refractivity contribution < 1.29 is 14.6 Å². The third-order valence-corrected chi connectivity index (χ3v) is 6.95. The third-order valence-electron chi connectivity index (χ3n) is 5.67. The molecule has 0 atom stereocenters. The van der Waals surface area contributed by atoms with Crippen molar-refractivity contribution in [2.75, 3.05) is 7.11 Å². The van der Waals surface area contributed by atoms with E-state index in [1.54, 1.807) is 14.0 Å². The second-order valence-electron chi connectivity index (χ2n) is 8.03. The standard InChI is InChI=1S/C22H23N5O5S/c1-13-16-17(28)26(22(2,3)20(29)30)21(31)25(12-9-14-7-5-6-8-15(14)32-4)19(16)33-18(13)27-23-10-11-24-27/h5-8,10-11H,9,12H2,1-4H3,(H,29,30). The van der Waals surface area contributed by atoms with Gasteiger partial charge in [-0.1, -0.05) is 29.5 Å². The molecule has 11 heteroatoms. The molecule has 33 heavy (non-hydrogen) atoms. The fourth-order valence-corrected chi connectivity index (χ4v) is 5.01. The van der Waals surface area contributed by atoms with Crippen molar-refractivity contribution in [3.05, 3.63) is 68.6 Å². The zero-order valence-electron chi connectivity index (χ0n) is 18.6. The molecule has 0 saturated carbocycles. The maximum absolute atomic E-state index is 13.5. The van der Waals surface area contributed by atoms with Crippen LogP contribution >= 0.6 is 11.3 Å². The largest absolute Gasteiger partial charge is 0.496 e. The summed E-state index contributed by atoms with van der Waals surface area (Å²) in [5.74, 6) is -0.594. The van der Waals surface area contributed by atoms with Crippen LogP contribution < -0.4 is 16.0 Å². The maximum atomic E-state index is 13.5. The molecule has 0 saturated heterocycles. The van der Waals surface area contributed by atoms with Crippen LogP contribution in [-0.4, -0.2) is 42.3 Å². The zero-order chi connectivity index (χ0) is 23.9. The summed E-state index contributed by atoms with van der Waals surface area (Å²) in [7, 11) is 1.57. The van der Waals surface area contributed by atoms with Crippen LogP contribution in [0, 0.1) is 6.92 Å². The van der Waals surface area contributed by atoms with Crippen molar-refractivity contribution in [1.82, 2.24) is 24.1 Å². The van der Waals surface area contributed by atoms with Crippen LogP contribution in [0.3, 0.4) is 0 Å². The predicted octanol–water partition coefficient (Wildman–Crippen LogP) is 2.18. The van der Waals surface area contributed by atoms with Gasteiger partial charge < -0.3 is 9.84 Å². The van der Waals surface area contributed by atoms with Crippen molar-refractivity contribution in [3.8, 4) is 10.8 Å². The molecule has 0 amide bonds. The van der Waals surface area contributed by atoms with Gasteiger partial charge in [-0.2, -0.15) is 10.2 Å². The molecule has 0 bridgehead atoms. The van der Waals surface area contributed by atoms with Crippen molar-refractivity contribution >= 4 is 27.5 Å². The zero-order valence-corrected chi connectivity index (χ0v) is 19.4. The molecule has 0 aliphatic rings. The van der Waals surface area contributed by atoms with Crippen LogP contribution in [0.4, 0.5) is 0 Å². The Morgan fingerprint density at radius 2 is 1.85 bits per heavy atom. The highest BCUT2D eigenvalue weighted by atomic mass is 32.1. The van der Waals surface area contributed by atoms with E-state index in [1.807, 2.05) is 24.3 Å². The number of hydrogen-bond donors (Lipinski definition) is 1. The van der Waals surface area contributed by atoms with Crippen LogP contribution in [0.2, 0.25) is 0 Å². The maximum Gasteiger partial charge on any atom is 0.333 e. The van der Waals surface area contributed by atoms with Crippen LogP contribution in [0.1, 0.15) is 25.0 Å². The molecule has 1 aromatic carbocycles. The number of benzene rings is 1. The number of carboxylic acid groups (broad SMARTS) is 1. The number of aliphatic carboxylic acids is 1. The summed E-state index contributed by atoms with van der Waals surface area (Å²) in [6.07, 6.45) is 3.48. The van der Waals surface area contributed by atoms with Crippen molar-refractivity contribution in [2.24, 2.45) is 0 Å². The summed E-state index contributed by atoms with van der Waals surface area (Å²) in [5.41, 5.74) is -1.61. The predicted molar refractivity (Wildman–Crippen MR) is 124 cm³/mol. The minimum atomic E-state index is -1.74. The number of aryl methyl sites for hydroxylation is 3. The summed E-state index contributed by atoms with van der Waals surface area (Å²) in [4.78, 5) is 40.8. The Kier molecular flexibility index (Phi) is 5.66. The molecular formula is C22H23N5O5S. The number of nitrogens with zero attached hydrogens (tertiary/aromatic N) is 5. The number of hydrogen-bond acceptors (Lipinski definition) is 7. The summed E-state index contributed by atoms with van der Waals surface area (Å²) >= 11 is 1.22. The summed E-state index contributed by atoms with van der Waals surface area (Å²) in [6.45, 7) is 4.64. The number of aromatic nitrogens is 5. The second-order valence-corrected chi connectivity index (χ2v) is 9.01. The lowest BCUT2D eigenvalue weighted by Crippen LogP contribution is -2.52. The topological polar surface area (TPSA) is 121 Å². The average Bonchev–Trinajstić information content (AvgIpc) is 3.41. The molecule has 0 aliphatic carbocycles. The highest BCUT2D eigenvalue weighted by molar-refractivity contribution is 7.21. The van der Waals surface area contributed by atoms with Gasteiger partial charge in [0.2, 0.25) is 0 Å². The van der Waals surface area contributed by atoms with E-state index in [0.717, 1.165) is 10.1 Å². The van der Waals surface area contributed by atoms with E-state index in [0.29, 0.717) is 27.6 Å². The van der Waals surface area contributed by atoms with Crippen LogP contribution in [0.25, 0.3) is 15.2 Å². The van der Waals surface area contributed by atoms with Gasteiger partial charge >= 0.3 is 11.7 Å². The molecule has 0 spiro atoms. The van der Waals surface area contributed by atoms with Gasteiger partial charge in [0, 0.05) is 12.1 Å². The van der Waals surface area contributed by atoms with Gasteiger partial charge in [0.05, 0.1) is 24.9 Å². The van der Waals surface area contributed by atoms with Crippen LogP contribution in [0.5, 0.6) is 5.75 Å². The number of fused-ring (bicyclic) bond motifs is 1. The van der Waals surface area contributed by atoms with Gasteiger partial charge in [0.25, 0.3) is 5.56 Å². The molecule has 1 N–H and O–H groups in total. The molecule has 10 nitrogen and oxygen atoms in total. The van der Waals surface area contributed by atoms with Crippen LogP contribution in [0.15, 0.2) is 46.2 Å². The molecule has 0 fully saturated rings. The Morgan fingerprint density at radius 3 is 2.48 bits per heavy atom. The lowest BCUT2D eigenvalue weighted by Gasteiger charge is -2.23. The van der Waals surface area contributed by atoms with E-state index in [1.165, 1.54) is 46.9 Å². The second kappa shape index (κ2) is 8.32. The van der Waals surface area contributed by atoms with E-state index < -0.39 is 22.8 Å². The molecule has 0 unspecified atom stereocenters. The Labute approximate surface area is 192 Å². The van der Waals surface area contributed by atoms with Crippen LogP contribution in [-0.2, 0) is 23.3 Å². The summed E-state index contributed by atoms with van der Waals surface area (Å²) in [6, 6.07) is 7.46. The fourth-order valence-electron chi connectivity index (χ4n) is 3.77. The van der Waals surface area contributed by atoms with Crippen molar-refractivity contribution in [2.45, 2.75) is 39.3 Å². The van der Waals surface area contributed by atoms with Gasteiger partial charge in [-0.05, 0) is 38.8 Å². The number of carboxylic acids is 1. The molecule has 3 aromatic heterocycles. The smallest absolute Gasteiger partial charge is 0.333 e. The van der Waals surface area contributed by atoms with Gasteiger partial charge in [-0.15, -0.1) is 4.80 Å². The molecule has 4 aromatic rings. The SMILES string of the molecule is COc1ccccc1CCn1c(=O)n(C(C)(C)C(=O)O)c(=O)c2c(C)c(-n3nccn3)sc21. The van der Waals surface area contributed by atoms with E-state index >= 15 is 0 Å². The number of carbonyl (C=O) groups is 1. The number of methoxy groups -OCH3 is 1. The Morgan fingerprint density at radius 1 is 1.18 bits per heavy atom. The quantitative estimate of drug-likeness (QED) is 0.440. The third kappa shape index (κ3) is 3.63. The van der Waals surface area contributed by atoms with Gasteiger partial charge in [-0.25, -0.2) is 14.2 Å². The molecule has 4 rings (SSSR count). The normalized spacial score (nSPS) is 11.8. The first-order valence-corrected chi connectivity index (χ1v) is 11.0. The highest BCUT2D eigenvalue weighted by Crippen LogP contribution is 2.31. The molecular weight excluding hydrogens is 446 g/mol. The number of ether oxygens (including phenoxy) is 1. The Hall–Kier alpha value is -3.73. The first-order valence-electron chi connectivity index (χ1n) is 10.2. The van der Waals surface area contributed by atoms with E-state index in [2.05, 4.69) is 10.2 Å². The van der Waals surface area contributed by atoms with Gasteiger partial charge in [0.1, 0.15) is 21.1 Å². The van der Waals surface area contributed by atoms with Gasteiger partial charge in [-0.3, -0.25) is 9.36 Å². The minimum Gasteiger partial charge on any atom is -0.496 e. The highest BCUT2D eigenvalue weighted by Gasteiger charge is 2.35. The minimum absolute atomic E-state index is 0.220. The molecule has 0 radical (unpaired) electrons. The summed E-state index contributed by atoms with van der Waals surface area (Å²) in [5, 5.41) is 18.9. The lowest BCUT2D eigenvalue weighted by molar-refractivity contribution is -0.146. The van der Waals surface area contributed by atoms with Crippen molar-refractivity contribution in [1.29, 1.82) is 0 Å². The number of rotatable bonds is 7. The Balaban J connectivity index is 1.99. The molecule has 172 valence electrons. The molecule has 3 heterocycles.